The van der Waals surface area contributed by atoms with Crippen LogP contribution in [0.4, 0.5) is 11.4 Å². The molecule has 0 unspecified atom stereocenters. The number of rotatable bonds is 8. The van der Waals surface area contributed by atoms with E-state index in [9.17, 15) is 19.8 Å². The van der Waals surface area contributed by atoms with Crippen molar-refractivity contribution in [3.05, 3.63) is 143 Å². The summed E-state index contributed by atoms with van der Waals surface area (Å²) in [6, 6.07) is 39.9. The van der Waals surface area contributed by atoms with Crippen LogP contribution in [0, 0.1) is 16.7 Å². The summed E-state index contributed by atoms with van der Waals surface area (Å²) in [4.78, 5) is 29.7. The molecule has 0 saturated carbocycles. The average Bonchev–Trinajstić information content (AvgIpc) is 3.25. The van der Waals surface area contributed by atoms with Crippen LogP contribution in [0.2, 0.25) is 0 Å². The Labute approximate surface area is 382 Å². The van der Waals surface area contributed by atoms with E-state index < -0.39 is 11.9 Å². The number of carboxylic acid groups (broad SMARTS) is 2. The second kappa shape index (κ2) is 14.9. The van der Waals surface area contributed by atoms with E-state index in [-0.39, 0.29) is 22.0 Å². The molecule has 2 N–H and O–H groups in total. The van der Waals surface area contributed by atoms with E-state index in [1.807, 2.05) is 24.3 Å². The van der Waals surface area contributed by atoms with Gasteiger partial charge >= 0.3 is 11.9 Å². The van der Waals surface area contributed by atoms with Gasteiger partial charge < -0.3 is 28.8 Å². The Morgan fingerprint density at radius 1 is 0.606 bits per heavy atom. The van der Waals surface area contributed by atoms with Crippen molar-refractivity contribution < 1.29 is 28.6 Å². The lowest BCUT2D eigenvalue weighted by Crippen LogP contribution is -2.59. The molecule has 0 bridgehead atoms. The van der Waals surface area contributed by atoms with Crippen LogP contribution in [0.3, 0.4) is 0 Å². The van der Waals surface area contributed by atoms with Gasteiger partial charge in [-0.1, -0.05) is 43.3 Å². The van der Waals surface area contributed by atoms with E-state index in [0.717, 1.165) is 137 Å². The molecule has 2 aliphatic carbocycles. The van der Waals surface area contributed by atoms with Gasteiger partial charge in [0.05, 0.1) is 34.6 Å². The van der Waals surface area contributed by atoms with Crippen molar-refractivity contribution in [3.63, 3.8) is 0 Å². The fourth-order valence-corrected chi connectivity index (χ4v) is 11.4. The maximum absolute atomic E-state index is 12.5. The molecule has 4 aromatic rings. The van der Waals surface area contributed by atoms with Crippen LogP contribution in [0.15, 0.2) is 130 Å². The Balaban J connectivity index is 0.819. The molecule has 8 aliphatic rings. The first-order valence-electron chi connectivity index (χ1n) is 23.2. The summed E-state index contributed by atoms with van der Waals surface area (Å²) in [7, 11) is 0. The van der Waals surface area contributed by atoms with E-state index in [2.05, 4.69) is 113 Å². The molecule has 0 aromatic heterocycles. The number of benzene rings is 6. The molecule has 0 atom stereocenters. The fraction of sp³-hybridized carbons (Fsp3) is 0.286. The van der Waals surface area contributed by atoms with E-state index in [1.165, 1.54) is 6.42 Å². The molecule has 12 rings (SSSR count). The number of hydrogen-bond acceptors (Lipinski definition) is 6. The first kappa shape index (κ1) is 40.3. The lowest BCUT2D eigenvalue weighted by molar-refractivity contribution is 0.0687. The highest BCUT2D eigenvalue weighted by Crippen LogP contribution is 2.46. The molecular weight excluding hydrogens is 825 g/mol. The van der Waals surface area contributed by atoms with Crippen LogP contribution in [-0.2, 0) is 0 Å². The summed E-state index contributed by atoms with van der Waals surface area (Å²) in [5.74, 6) is 0.141. The minimum absolute atomic E-state index is 0.163. The third-order valence-corrected chi connectivity index (χ3v) is 14.7. The molecule has 66 heavy (non-hydrogen) atoms. The predicted octanol–water partition coefficient (Wildman–Crippen LogP) is 9.46. The van der Waals surface area contributed by atoms with Crippen molar-refractivity contribution in [2.24, 2.45) is 16.7 Å². The number of hydrogen-bond donors (Lipinski definition) is 2. The maximum atomic E-state index is 12.5. The van der Waals surface area contributed by atoms with Crippen molar-refractivity contribution in [1.82, 2.24) is 9.15 Å². The summed E-state index contributed by atoms with van der Waals surface area (Å²) in [5, 5.41) is 24.5. The van der Waals surface area contributed by atoms with Crippen molar-refractivity contribution in [3.8, 4) is 44.9 Å². The zero-order chi connectivity index (χ0) is 45.1. The highest BCUT2D eigenvalue weighted by atomic mass is 16.4. The standard InChI is InChI=1S/C56H50N4O6/c1-55(2)30-59(31-55)37-15-19-45-49(25-37)66-50-26-38(16-20-46(50)52(45)40-10-5-7-12-42(40)54(63)64)60-32-56(3,33-60)27-34-28-58(29-34)36-14-18-44-48(24-36)65-47-23-35(57-21-8-22-57)13-17-43(47)51(44)39-9-4-6-11-41(39)53(61)62/h4-7,9-20,23-26,34H,8,21-22,27-33H2,1-3H3/p+2. The van der Waals surface area contributed by atoms with Crippen LogP contribution in [-0.4, -0.2) is 74.5 Å². The third-order valence-electron chi connectivity index (χ3n) is 14.7. The Morgan fingerprint density at radius 3 is 1.59 bits per heavy atom. The van der Waals surface area contributed by atoms with Gasteiger partial charge in [0.2, 0.25) is 10.7 Å². The van der Waals surface area contributed by atoms with Crippen molar-refractivity contribution in [2.75, 3.05) is 62.2 Å². The second-order valence-electron chi connectivity index (χ2n) is 20.4. The fourth-order valence-electron chi connectivity index (χ4n) is 11.4. The Kier molecular flexibility index (Phi) is 9.11. The van der Waals surface area contributed by atoms with Crippen molar-refractivity contribution in [2.45, 2.75) is 33.6 Å². The number of fused-ring (bicyclic) bond motifs is 4. The smallest absolute Gasteiger partial charge is 0.336 e. The monoisotopic (exact) mass is 876 g/mol. The molecule has 10 heteroatoms. The van der Waals surface area contributed by atoms with E-state index in [0.29, 0.717) is 17.0 Å². The van der Waals surface area contributed by atoms with Gasteiger partial charge in [-0.3, -0.25) is 0 Å². The van der Waals surface area contributed by atoms with Crippen molar-refractivity contribution >= 4 is 45.3 Å². The Morgan fingerprint density at radius 2 is 1.11 bits per heavy atom. The minimum atomic E-state index is -0.953. The number of nitrogens with zero attached hydrogens (tertiary/aromatic N) is 4. The Hall–Kier alpha value is -7.20. The number of anilines is 2. The minimum Gasteiger partial charge on any atom is -0.478 e. The molecule has 4 saturated heterocycles. The van der Waals surface area contributed by atoms with Crippen LogP contribution >= 0.6 is 0 Å². The highest BCUT2D eigenvalue weighted by Gasteiger charge is 2.45. The zero-order valence-corrected chi connectivity index (χ0v) is 37.5. The molecule has 4 fully saturated rings. The van der Waals surface area contributed by atoms with Gasteiger partial charge in [0.25, 0.3) is 0 Å². The summed E-state index contributed by atoms with van der Waals surface area (Å²) >= 11 is 0. The molecule has 0 amide bonds. The lowest BCUT2D eigenvalue weighted by Gasteiger charge is -2.51. The third kappa shape index (κ3) is 6.76. The molecular formula is C56H52N4O6+2. The second-order valence-corrected chi connectivity index (χ2v) is 20.4. The molecule has 6 aliphatic heterocycles. The number of aromatic carboxylic acids is 2. The van der Waals surface area contributed by atoms with Crippen LogP contribution < -0.4 is 29.7 Å². The largest absolute Gasteiger partial charge is 0.478 e. The summed E-state index contributed by atoms with van der Waals surface area (Å²) in [6.07, 6.45) is 2.29. The van der Waals surface area contributed by atoms with Gasteiger partial charge in [-0.25, -0.2) is 18.7 Å². The molecule has 0 radical (unpaired) electrons. The molecule has 0 spiro atoms. The average molecular weight is 877 g/mol. The Bertz CT molecular complexity index is 3400. The van der Waals surface area contributed by atoms with Gasteiger partial charge in [-0.2, -0.15) is 0 Å². The SMILES string of the molecule is CC1(C)C[N+](=c2ccc3c(-c4ccccc4C(=O)O)c4ccc(N5CC(C)(CC6C[N+](=c7ccc8c(-c9ccccc9C(=O)O)c9ccc(N%10CCC%10)cc9oc-8c7)C6)C5)cc4oc-3c2)C1. The quantitative estimate of drug-likeness (QED) is 0.115. The predicted molar refractivity (Wildman–Crippen MR) is 260 cm³/mol. The summed E-state index contributed by atoms with van der Waals surface area (Å²) in [5.41, 5.74) is 9.61. The van der Waals surface area contributed by atoms with E-state index in [1.54, 1.807) is 24.3 Å². The molecule has 10 nitrogen and oxygen atoms in total. The van der Waals surface area contributed by atoms with Crippen molar-refractivity contribution in [1.29, 1.82) is 0 Å². The van der Waals surface area contributed by atoms with Gasteiger partial charge in [0.15, 0.2) is 26.2 Å². The van der Waals surface area contributed by atoms with E-state index >= 15 is 0 Å². The highest BCUT2D eigenvalue weighted by molar-refractivity contribution is 6.09. The number of carboxylic acids is 2. The van der Waals surface area contributed by atoms with Crippen LogP contribution in [0.1, 0.15) is 54.3 Å². The van der Waals surface area contributed by atoms with Gasteiger partial charge in [0.1, 0.15) is 22.7 Å². The summed E-state index contributed by atoms with van der Waals surface area (Å²) in [6.45, 7) is 14.8. The van der Waals surface area contributed by atoms with E-state index in [4.69, 9.17) is 8.83 Å². The summed E-state index contributed by atoms with van der Waals surface area (Å²) < 4.78 is 18.2. The molecule has 6 heterocycles. The van der Waals surface area contributed by atoms with Gasteiger partial charge in [-0.15, -0.1) is 0 Å². The first-order valence-corrected chi connectivity index (χ1v) is 23.2. The topological polar surface area (TPSA) is 113 Å². The van der Waals surface area contributed by atoms with Gasteiger partial charge in [0, 0.05) is 100 Å². The zero-order valence-electron chi connectivity index (χ0n) is 37.5. The molecule has 4 aromatic carbocycles. The van der Waals surface area contributed by atoms with Crippen LogP contribution in [0.5, 0.6) is 0 Å². The number of carbonyl (C=O) groups is 2. The van der Waals surface area contributed by atoms with Crippen LogP contribution in [0.25, 0.3) is 66.8 Å². The van der Waals surface area contributed by atoms with Gasteiger partial charge in [-0.05, 0) is 86.3 Å². The lowest BCUT2D eigenvalue weighted by atomic mass is 9.73. The normalized spacial score (nSPS) is 18.6. The maximum Gasteiger partial charge on any atom is 0.336 e. The first-order chi connectivity index (χ1) is 31.9. The molecule has 330 valence electrons.